The molecule has 4 aromatic rings. The molecule has 9 nitrogen and oxygen atoms in total. The summed E-state index contributed by atoms with van der Waals surface area (Å²) >= 11 is 0. The van der Waals surface area contributed by atoms with E-state index in [-0.39, 0.29) is 29.8 Å². The standard InChI is InChI=1S/C30H35N5O4/c1-7-19(4)28-31-20(5)25(16-26(36)34(6)18(2)3)29(37)35(28)17-21-12-14-22(15-13-21)23-10-8-9-11-24(23)27-32-30(38)39-33-27/h8-15,18-19H,7,16-17H2,1-6H3,(H,32,33,38). The Balaban J connectivity index is 1.70. The lowest BCUT2D eigenvalue weighted by Gasteiger charge is -2.23. The van der Waals surface area contributed by atoms with Crippen LogP contribution in [0, 0.1) is 6.92 Å². The number of hydrogen-bond acceptors (Lipinski definition) is 6. The third-order valence-corrected chi connectivity index (χ3v) is 7.28. The maximum Gasteiger partial charge on any atom is 0.439 e. The summed E-state index contributed by atoms with van der Waals surface area (Å²) in [5.41, 5.74) is 4.36. The highest BCUT2D eigenvalue weighted by atomic mass is 16.5. The summed E-state index contributed by atoms with van der Waals surface area (Å²) in [7, 11) is 1.75. The third-order valence-electron chi connectivity index (χ3n) is 7.28. The van der Waals surface area contributed by atoms with E-state index in [2.05, 4.69) is 28.5 Å². The topological polar surface area (TPSA) is 114 Å². The van der Waals surface area contributed by atoms with Gasteiger partial charge in [0.2, 0.25) is 5.91 Å². The third kappa shape index (κ3) is 5.92. The normalized spacial score (nSPS) is 12.1. The van der Waals surface area contributed by atoms with Gasteiger partial charge in [-0.2, -0.15) is 0 Å². The Morgan fingerprint density at radius 2 is 1.72 bits per heavy atom. The van der Waals surface area contributed by atoms with Crippen LogP contribution in [0.25, 0.3) is 22.5 Å². The van der Waals surface area contributed by atoms with Crippen molar-refractivity contribution in [3.05, 3.63) is 92.1 Å². The van der Waals surface area contributed by atoms with Crippen molar-refractivity contribution < 1.29 is 9.32 Å². The molecule has 0 saturated heterocycles. The Kier molecular flexibility index (Phi) is 8.28. The molecule has 0 radical (unpaired) electrons. The molecule has 2 heterocycles. The molecule has 0 aliphatic carbocycles. The molecule has 1 unspecified atom stereocenters. The van der Waals surface area contributed by atoms with E-state index in [1.54, 1.807) is 16.5 Å². The minimum Gasteiger partial charge on any atom is -0.343 e. The van der Waals surface area contributed by atoms with Gasteiger partial charge in [0.15, 0.2) is 5.82 Å². The molecular formula is C30H35N5O4. The molecule has 1 N–H and O–H groups in total. The zero-order chi connectivity index (χ0) is 28.3. The van der Waals surface area contributed by atoms with E-state index in [9.17, 15) is 14.4 Å². The second kappa shape index (κ2) is 11.6. The number of amides is 1. The van der Waals surface area contributed by atoms with Crippen molar-refractivity contribution in [2.75, 3.05) is 7.05 Å². The molecule has 0 fully saturated rings. The molecule has 9 heteroatoms. The number of nitrogens with zero attached hydrogens (tertiary/aromatic N) is 4. The fourth-order valence-corrected chi connectivity index (χ4v) is 4.46. The first-order valence-electron chi connectivity index (χ1n) is 13.2. The van der Waals surface area contributed by atoms with Crippen molar-refractivity contribution in [3.63, 3.8) is 0 Å². The summed E-state index contributed by atoms with van der Waals surface area (Å²) in [4.78, 5) is 47.1. The Labute approximate surface area is 227 Å². The number of aryl methyl sites for hydroxylation is 1. The fourth-order valence-electron chi connectivity index (χ4n) is 4.46. The van der Waals surface area contributed by atoms with Crippen molar-refractivity contribution in [1.82, 2.24) is 24.6 Å². The van der Waals surface area contributed by atoms with E-state index in [0.717, 1.165) is 34.5 Å². The molecule has 2 aromatic carbocycles. The summed E-state index contributed by atoms with van der Waals surface area (Å²) in [5.74, 6) is 0.445. The van der Waals surface area contributed by atoms with E-state index in [0.29, 0.717) is 23.6 Å². The zero-order valence-electron chi connectivity index (χ0n) is 23.3. The molecule has 1 atom stereocenters. The molecular weight excluding hydrogens is 494 g/mol. The van der Waals surface area contributed by atoms with E-state index in [4.69, 9.17) is 4.98 Å². The van der Waals surface area contributed by atoms with Gasteiger partial charge in [0.25, 0.3) is 5.56 Å². The van der Waals surface area contributed by atoms with Crippen LogP contribution in [-0.2, 0) is 17.8 Å². The van der Waals surface area contributed by atoms with Gasteiger partial charge in [-0.05, 0) is 43.9 Å². The van der Waals surface area contributed by atoms with E-state index in [1.165, 1.54) is 0 Å². The molecule has 39 heavy (non-hydrogen) atoms. The van der Waals surface area contributed by atoms with Gasteiger partial charge in [0.1, 0.15) is 5.82 Å². The Morgan fingerprint density at radius 3 is 2.31 bits per heavy atom. The molecule has 4 rings (SSSR count). The van der Waals surface area contributed by atoms with Gasteiger partial charge in [0, 0.05) is 35.8 Å². The van der Waals surface area contributed by atoms with Crippen LogP contribution in [0.5, 0.6) is 0 Å². The molecule has 0 bridgehead atoms. The number of aromatic nitrogens is 4. The highest BCUT2D eigenvalue weighted by molar-refractivity contribution is 5.80. The average Bonchev–Trinajstić information content (AvgIpc) is 3.37. The van der Waals surface area contributed by atoms with Gasteiger partial charge in [-0.15, -0.1) is 0 Å². The fraction of sp³-hybridized carbons (Fsp3) is 0.367. The second-order valence-corrected chi connectivity index (χ2v) is 10.2. The largest absolute Gasteiger partial charge is 0.439 e. The Bertz CT molecular complexity index is 1580. The van der Waals surface area contributed by atoms with Gasteiger partial charge >= 0.3 is 5.76 Å². The highest BCUT2D eigenvalue weighted by Crippen LogP contribution is 2.30. The lowest BCUT2D eigenvalue weighted by atomic mass is 9.98. The van der Waals surface area contributed by atoms with Crippen molar-refractivity contribution in [3.8, 4) is 22.5 Å². The monoisotopic (exact) mass is 529 g/mol. The molecule has 0 saturated carbocycles. The number of rotatable bonds is 9. The summed E-state index contributed by atoms with van der Waals surface area (Å²) in [5, 5.41) is 3.83. The van der Waals surface area contributed by atoms with Crippen molar-refractivity contribution in [2.45, 2.75) is 66.0 Å². The molecule has 204 valence electrons. The first kappa shape index (κ1) is 27.8. The number of benzene rings is 2. The quantitative estimate of drug-likeness (QED) is 0.341. The van der Waals surface area contributed by atoms with Crippen LogP contribution in [0.2, 0.25) is 0 Å². The molecule has 0 aliphatic heterocycles. The van der Waals surface area contributed by atoms with Crippen LogP contribution in [-0.4, -0.2) is 43.6 Å². The van der Waals surface area contributed by atoms with Crippen molar-refractivity contribution in [2.24, 2.45) is 0 Å². The number of likely N-dealkylation sites (N-methyl/N-ethyl adjacent to an activating group) is 1. The minimum absolute atomic E-state index is 0.0208. The molecule has 0 aliphatic rings. The predicted molar refractivity (Wildman–Crippen MR) is 151 cm³/mol. The number of H-pyrrole nitrogens is 1. The van der Waals surface area contributed by atoms with Crippen LogP contribution in [0.15, 0.2) is 62.6 Å². The number of nitrogens with one attached hydrogen (secondary N) is 1. The summed E-state index contributed by atoms with van der Waals surface area (Å²) < 4.78 is 6.40. The Morgan fingerprint density at radius 1 is 1.05 bits per heavy atom. The lowest BCUT2D eigenvalue weighted by molar-refractivity contribution is -0.130. The SMILES string of the molecule is CCC(C)c1nc(C)c(CC(=O)N(C)C(C)C)c(=O)n1Cc1ccc(-c2ccccc2-c2noc(=O)[nH]2)cc1. The highest BCUT2D eigenvalue weighted by Gasteiger charge is 2.22. The number of carbonyl (C=O) groups excluding carboxylic acids is 1. The molecule has 1 amide bonds. The summed E-state index contributed by atoms with van der Waals surface area (Å²) in [6.45, 7) is 10.2. The zero-order valence-corrected chi connectivity index (χ0v) is 23.3. The van der Waals surface area contributed by atoms with E-state index >= 15 is 0 Å². The van der Waals surface area contributed by atoms with Crippen LogP contribution in [0.1, 0.15) is 62.7 Å². The van der Waals surface area contributed by atoms with E-state index < -0.39 is 5.76 Å². The van der Waals surface area contributed by atoms with Gasteiger partial charge in [-0.1, -0.05) is 67.5 Å². The number of hydrogen-bond donors (Lipinski definition) is 1. The first-order chi connectivity index (χ1) is 18.6. The summed E-state index contributed by atoms with van der Waals surface area (Å²) in [6, 6.07) is 15.5. The predicted octanol–water partition coefficient (Wildman–Crippen LogP) is 4.53. The van der Waals surface area contributed by atoms with Crippen LogP contribution in [0.3, 0.4) is 0 Å². The smallest absolute Gasteiger partial charge is 0.343 e. The van der Waals surface area contributed by atoms with Crippen molar-refractivity contribution in [1.29, 1.82) is 0 Å². The van der Waals surface area contributed by atoms with Gasteiger partial charge in [-0.3, -0.25) is 23.7 Å². The second-order valence-electron chi connectivity index (χ2n) is 10.2. The van der Waals surface area contributed by atoms with Crippen molar-refractivity contribution >= 4 is 5.91 Å². The van der Waals surface area contributed by atoms with Gasteiger partial charge < -0.3 is 4.90 Å². The van der Waals surface area contributed by atoms with E-state index in [1.807, 2.05) is 69.3 Å². The van der Waals surface area contributed by atoms with Crippen LogP contribution < -0.4 is 11.3 Å². The first-order valence-corrected chi connectivity index (χ1v) is 13.2. The maximum atomic E-state index is 13.8. The lowest BCUT2D eigenvalue weighted by Crippen LogP contribution is -2.37. The Hall–Kier alpha value is -4.27. The molecule has 0 spiro atoms. The molecule has 2 aromatic heterocycles. The van der Waals surface area contributed by atoms with Crippen LogP contribution in [0.4, 0.5) is 0 Å². The van der Waals surface area contributed by atoms with Gasteiger partial charge in [0.05, 0.1) is 13.0 Å². The summed E-state index contributed by atoms with van der Waals surface area (Å²) in [6.07, 6.45) is 0.854. The average molecular weight is 530 g/mol. The van der Waals surface area contributed by atoms with Gasteiger partial charge in [-0.25, -0.2) is 9.78 Å². The maximum absolute atomic E-state index is 13.8. The number of carbonyl (C=O) groups is 1. The number of aromatic amines is 1. The minimum atomic E-state index is -0.610. The van der Waals surface area contributed by atoms with Crippen LogP contribution >= 0.6 is 0 Å².